The molecule has 1 fully saturated rings. The van der Waals surface area contributed by atoms with E-state index in [0.717, 1.165) is 34.7 Å². The Morgan fingerprint density at radius 2 is 1.70 bits per heavy atom. The Bertz CT molecular complexity index is 1230. The van der Waals surface area contributed by atoms with Crippen molar-refractivity contribution in [3.63, 3.8) is 0 Å². The predicted molar refractivity (Wildman–Crippen MR) is 131 cm³/mol. The van der Waals surface area contributed by atoms with E-state index in [4.69, 9.17) is 5.73 Å². The van der Waals surface area contributed by atoms with Gasteiger partial charge in [-0.1, -0.05) is 61.5 Å². The highest BCUT2D eigenvalue weighted by molar-refractivity contribution is 7.89. The molecule has 0 bridgehead atoms. The van der Waals surface area contributed by atoms with Crippen LogP contribution in [0.2, 0.25) is 0 Å². The molecule has 33 heavy (non-hydrogen) atoms. The molecule has 7 heteroatoms. The number of amides is 1. The minimum absolute atomic E-state index is 0.155. The van der Waals surface area contributed by atoms with E-state index in [-0.39, 0.29) is 17.2 Å². The van der Waals surface area contributed by atoms with Crippen LogP contribution in [0.4, 0.5) is 0 Å². The fourth-order valence-electron chi connectivity index (χ4n) is 4.34. The number of hydrogen-bond acceptors (Lipinski definition) is 4. The maximum absolute atomic E-state index is 13.5. The number of carbonyl (C=O) groups is 1. The number of hydrogen-bond donors (Lipinski definition) is 2. The fraction of sp³-hybridized carbons (Fsp3) is 0.346. The second kappa shape index (κ2) is 10.0. The van der Waals surface area contributed by atoms with Gasteiger partial charge in [-0.05, 0) is 59.2 Å². The Hall–Kier alpha value is -2.74. The molecule has 0 radical (unpaired) electrons. The average Bonchev–Trinajstić information content (AvgIpc) is 2.83. The highest BCUT2D eigenvalue weighted by Gasteiger charge is 2.31. The van der Waals surface area contributed by atoms with E-state index < -0.39 is 16.1 Å². The van der Waals surface area contributed by atoms with E-state index in [1.54, 1.807) is 23.1 Å². The lowest BCUT2D eigenvalue weighted by Gasteiger charge is -2.33. The summed E-state index contributed by atoms with van der Waals surface area (Å²) in [6.07, 6.45) is 2.13. The van der Waals surface area contributed by atoms with Crippen LogP contribution in [0.15, 0.2) is 71.6 Å². The highest BCUT2D eigenvalue weighted by atomic mass is 32.2. The zero-order chi connectivity index (χ0) is 23.4. The van der Waals surface area contributed by atoms with Crippen molar-refractivity contribution < 1.29 is 13.2 Å². The van der Waals surface area contributed by atoms with Crippen LogP contribution in [0.1, 0.15) is 30.9 Å². The fourth-order valence-corrected chi connectivity index (χ4v) is 5.56. The van der Waals surface area contributed by atoms with Gasteiger partial charge < -0.3 is 10.6 Å². The summed E-state index contributed by atoms with van der Waals surface area (Å²) < 4.78 is 29.4. The summed E-state index contributed by atoms with van der Waals surface area (Å²) in [7, 11) is -3.90. The summed E-state index contributed by atoms with van der Waals surface area (Å²) in [6, 6.07) is 19.4. The van der Waals surface area contributed by atoms with Gasteiger partial charge in [0.25, 0.3) is 0 Å². The maximum Gasteiger partial charge on any atom is 0.241 e. The highest BCUT2D eigenvalue weighted by Crippen LogP contribution is 2.21. The van der Waals surface area contributed by atoms with Crippen molar-refractivity contribution in [2.45, 2.75) is 43.7 Å². The van der Waals surface area contributed by atoms with Gasteiger partial charge in [0.1, 0.15) is 6.04 Å². The number of rotatable bonds is 7. The first kappa shape index (κ1) is 23.4. The van der Waals surface area contributed by atoms with Gasteiger partial charge in [-0.15, -0.1) is 0 Å². The number of piperidine rings is 1. The van der Waals surface area contributed by atoms with Crippen LogP contribution in [0.25, 0.3) is 10.8 Å². The van der Waals surface area contributed by atoms with Gasteiger partial charge in [-0.2, -0.15) is 4.72 Å². The number of nitrogens with zero attached hydrogens (tertiary/aromatic N) is 1. The van der Waals surface area contributed by atoms with Crippen molar-refractivity contribution in [1.29, 1.82) is 0 Å². The van der Waals surface area contributed by atoms with Gasteiger partial charge in [-0.25, -0.2) is 8.42 Å². The summed E-state index contributed by atoms with van der Waals surface area (Å²) >= 11 is 0. The number of fused-ring (bicyclic) bond motifs is 1. The Morgan fingerprint density at radius 3 is 2.42 bits per heavy atom. The zero-order valence-electron chi connectivity index (χ0n) is 18.9. The Morgan fingerprint density at radius 1 is 1.00 bits per heavy atom. The molecule has 3 aromatic rings. The molecule has 0 spiro atoms. The number of nitrogens with one attached hydrogen (secondary N) is 1. The van der Waals surface area contributed by atoms with E-state index in [0.29, 0.717) is 25.6 Å². The second-order valence-corrected chi connectivity index (χ2v) is 10.6. The third kappa shape index (κ3) is 5.61. The molecule has 0 aromatic heterocycles. The minimum atomic E-state index is -3.90. The molecule has 1 heterocycles. The van der Waals surface area contributed by atoms with Crippen LogP contribution in [0, 0.1) is 5.92 Å². The van der Waals surface area contributed by atoms with E-state index in [1.165, 1.54) is 0 Å². The van der Waals surface area contributed by atoms with Gasteiger partial charge >= 0.3 is 0 Å². The van der Waals surface area contributed by atoms with Crippen molar-refractivity contribution in [2.24, 2.45) is 11.7 Å². The topological polar surface area (TPSA) is 92.5 Å². The first-order valence-electron chi connectivity index (χ1n) is 11.4. The molecule has 0 aliphatic carbocycles. The Labute approximate surface area is 195 Å². The third-order valence-electron chi connectivity index (χ3n) is 6.39. The van der Waals surface area contributed by atoms with Crippen LogP contribution >= 0.6 is 0 Å². The van der Waals surface area contributed by atoms with Crippen LogP contribution in [0.3, 0.4) is 0 Å². The first-order valence-corrected chi connectivity index (χ1v) is 12.9. The van der Waals surface area contributed by atoms with Crippen molar-refractivity contribution in [1.82, 2.24) is 9.62 Å². The number of benzene rings is 3. The van der Waals surface area contributed by atoms with E-state index in [9.17, 15) is 13.2 Å². The van der Waals surface area contributed by atoms with Crippen LogP contribution in [-0.4, -0.2) is 38.4 Å². The van der Waals surface area contributed by atoms with Crippen LogP contribution in [-0.2, 0) is 27.8 Å². The zero-order valence-corrected chi connectivity index (χ0v) is 19.7. The first-order chi connectivity index (χ1) is 15.9. The minimum Gasteiger partial charge on any atom is -0.341 e. The summed E-state index contributed by atoms with van der Waals surface area (Å²) in [4.78, 5) is 15.4. The van der Waals surface area contributed by atoms with E-state index >= 15 is 0 Å². The molecule has 3 aromatic carbocycles. The van der Waals surface area contributed by atoms with Crippen molar-refractivity contribution in [3.8, 4) is 0 Å². The Kier molecular flexibility index (Phi) is 7.12. The molecule has 6 nitrogen and oxygen atoms in total. The summed E-state index contributed by atoms with van der Waals surface area (Å²) in [6.45, 7) is 3.87. The molecular weight excluding hydrogens is 434 g/mol. The largest absolute Gasteiger partial charge is 0.341 e. The molecule has 1 saturated heterocycles. The average molecular weight is 466 g/mol. The smallest absolute Gasteiger partial charge is 0.241 e. The predicted octanol–water partition coefficient (Wildman–Crippen LogP) is 3.45. The third-order valence-corrected chi connectivity index (χ3v) is 7.86. The lowest BCUT2D eigenvalue weighted by molar-refractivity contribution is -0.134. The maximum atomic E-state index is 13.5. The van der Waals surface area contributed by atoms with E-state index in [1.807, 2.05) is 48.5 Å². The molecule has 174 valence electrons. The molecule has 1 aliphatic heterocycles. The lowest BCUT2D eigenvalue weighted by Crippen LogP contribution is -2.51. The standard InChI is InChI=1S/C26H31N3O3S/c1-19-11-13-29(14-12-19)26(30)25(16-20-5-4-6-21(15-20)18-27)28-33(31,32)24-10-9-22-7-2-3-8-23(22)17-24/h2-10,15,17,19,25,28H,11-14,16,18,27H2,1H3/t25-/m0/s1. The van der Waals surface area contributed by atoms with Crippen LogP contribution < -0.4 is 10.5 Å². The quantitative estimate of drug-likeness (QED) is 0.559. The lowest BCUT2D eigenvalue weighted by atomic mass is 9.97. The van der Waals surface area contributed by atoms with Crippen molar-refractivity contribution in [3.05, 3.63) is 77.9 Å². The number of likely N-dealkylation sites (tertiary alicyclic amines) is 1. The van der Waals surface area contributed by atoms with Crippen molar-refractivity contribution >= 4 is 26.7 Å². The Balaban J connectivity index is 1.62. The number of sulfonamides is 1. The summed E-state index contributed by atoms with van der Waals surface area (Å²) in [5.41, 5.74) is 7.60. The number of carbonyl (C=O) groups excluding carboxylic acids is 1. The second-order valence-electron chi connectivity index (χ2n) is 8.92. The number of nitrogens with two attached hydrogens (primary N) is 1. The molecular formula is C26H31N3O3S. The molecule has 0 saturated carbocycles. The van der Waals surface area contributed by atoms with Crippen LogP contribution in [0.5, 0.6) is 0 Å². The summed E-state index contributed by atoms with van der Waals surface area (Å²) in [5.74, 6) is 0.396. The molecule has 3 N–H and O–H groups in total. The van der Waals surface area contributed by atoms with Gasteiger partial charge in [0, 0.05) is 19.6 Å². The monoisotopic (exact) mass is 465 g/mol. The van der Waals surface area contributed by atoms with E-state index in [2.05, 4.69) is 11.6 Å². The molecule has 1 atom stereocenters. The van der Waals surface area contributed by atoms with Gasteiger partial charge in [0.15, 0.2) is 0 Å². The molecule has 1 amide bonds. The normalized spacial score (nSPS) is 16.1. The van der Waals surface area contributed by atoms with Gasteiger partial charge in [0.2, 0.25) is 15.9 Å². The van der Waals surface area contributed by atoms with Gasteiger partial charge in [-0.3, -0.25) is 4.79 Å². The molecule has 1 aliphatic rings. The summed E-state index contributed by atoms with van der Waals surface area (Å²) in [5, 5.41) is 1.80. The molecule has 0 unspecified atom stereocenters. The van der Waals surface area contributed by atoms with Crippen molar-refractivity contribution in [2.75, 3.05) is 13.1 Å². The van der Waals surface area contributed by atoms with Gasteiger partial charge in [0.05, 0.1) is 4.90 Å². The SMILES string of the molecule is CC1CCN(C(=O)[C@H](Cc2cccc(CN)c2)NS(=O)(=O)c2ccc3ccccc3c2)CC1. The molecule has 4 rings (SSSR count).